The molecule has 0 N–H and O–H groups in total. The Labute approximate surface area is 162 Å². The predicted molar refractivity (Wildman–Crippen MR) is 108 cm³/mol. The molecule has 0 spiro atoms. The molecule has 0 unspecified atom stereocenters. The number of amides is 1. The van der Waals surface area contributed by atoms with E-state index in [1.54, 1.807) is 17.2 Å². The third-order valence-electron chi connectivity index (χ3n) is 4.14. The number of carbonyl (C=O) groups is 1. The maximum atomic E-state index is 12.7. The third-order valence-corrected chi connectivity index (χ3v) is 5.09. The number of thioether (sulfide) groups is 1. The molecule has 0 aliphatic carbocycles. The van der Waals surface area contributed by atoms with Gasteiger partial charge in [0.2, 0.25) is 5.91 Å². The van der Waals surface area contributed by atoms with Crippen LogP contribution in [0.4, 0.5) is 5.69 Å². The zero-order valence-electron chi connectivity index (χ0n) is 15.5. The van der Waals surface area contributed by atoms with Crippen LogP contribution in [0.5, 0.6) is 0 Å². The van der Waals surface area contributed by atoms with Gasteiger partial charge >= 0.3 is 0 Å². The summed E-state index contributed by atoms with van der Waals surface area (Å²) in [5, 5.41) is 9.26. The molecule has 0 saturated carbocycles. The van der Waals surface area contributed by atoms with E-state index in [1.165, 1.54) is 11.8 Å². The standard InChI is InChI=1S/C20H22N4O2S/c1-4-12-24-19(17-11-13-26-15(17)3)21-22-20(24)27-14-18(25)23(5-2)16-9-7-6-8-10-16/h4,6-11,13H,1,5,12,14H2,2-3H3. The Morgan fingerprint density at radius 2 is 2.07 bits per heavy atom. The molecule has 0 saturated heterocycles. The van der Waals surface area contributed by atoms with Gasteiger partial charge in [0.15, 0.2) is 11.0 Å². The van der Waals surface area contributed by atoms with E-state index in [9.17, 15) is 4.79 Å². The summed E-state index contributed by atoms with van der Waals surface area (Å²) in [6.07, 6.45) is 3.42. The van der Waals surface area contributed by atoms with Crippen molar-refractivity contribution >= 4 is 23.4 Å². The van der Waals surface area contributed by atoms with Crippen LogP contribution in [0.15, 0.2) is 64.9 Å². The van der Waals surface area contributed by atoms with Gasteiger partial charge < -0.3 is 9.32 Å². The first-order valence-corrected chi connectivity index (χ1v) is 9.71. The Kier molecular flexibility index (Phi) is 6.13. The fourth-order valence-electron chi connectivity index (χ4n) is 2.82. The molecule has 0 atom stereocenters. The van der Waals surface area contributed by atoms with Gasteiger partial charge in [0, 0.05) is 18.8 Å². The van der Waals surface area contributed by atoms with Gasteiger partial charge in [-0.1, -0.05) is 36.0 Å². The van der Waals surface area contributed by atoms with E-state index >= 15 is 0 Å². The zero-order valence-corrected chi connectivity index (χ0v) is 16.3. The van der Waals surface area contributed by atoms with Crippen LogP contribution in [0.3, 0.4) is 0 Å². The summed E-state index contributed by atoms with van der Waals surface area (Å²) in [5.41, 5.74) is 1.79. The van der Waals surface area contributed by atoms with Crippen molar-refractivity contribution in [2.24, 2.45) is 0 Å². The molecule has 7 heteroatoms. The van der Waals surface area contributed by atoms with Crippen molar-refractivity contribution in [3.8, 4) is 11.4 Å². The Hall–Kier alpha value is -2.80. The number of hydrogen-bond acceptors (Lipinski definition) is 5. The van der Waals surface area contributed by atoms with E-state index in [2.05, 4.69) is 16.8 Å². The maximum absolute atomic E-state index is 12.7. The fourth-order valence-corrected chi connectivity index (χ4v) is 3.64. The van der Waals surface area contributed by atoms with Crippen molar-refractivity contribution in [2.75, 3.05) is 17.2 Å². The smallest absolute Gasteiger partial charge is 0.237 e. The fraction of sp³-hybridized carbons (Fsp3) is 0.250. The highest BCUT2D eigenvalue weighted by molar-refractivity contribution is 7.99. The second-order valence-corrected chi connectivity index (χ2v) is 6.80. The summed E-state index contributed by atoms with van der Waals surface area (Å²) in [6.45, 7) is 8.84. The summed E-state index contributed by atoms with van der Waals surface area (Å²) in [4.78, 5) is 14.5. The Balaban J connectivity index is 1.78. The van der Waals surface area contributed by atoms with Crippen LogP contribution in [0.25, 0.3) is 11.4 Å². The van der Waals surface area contributed by atoms with Gasteiger partial charge in [-0.25, -0.2) is 0 Å². The average Bonchev–Trinajstić information content (AvgIpc) is 3.27. The van der Waals surface area contributed by atoms with Gasteiger partial charge in [0.25, 0.3) is 0 Å². The van der Waals surface area contributed by atoms with Crippen molar-refractivity contribution in [3.63, 3.8) is 0 Å². The molecule has 27 heavy (non-hydrogen) atoms. The van der Waals surface area contributed by atoms with Gasteiger partial charge in [-0.15, -0.1) is 16.8 Å². The first-order chi connectivity index (χ1) is 13.2. The molecule has 0 radical (unpaired) electrons. The van der Waals surface area contributed by atoms with Crippen LogP contribution in [0, 0.1) is 6.92 Å². The van der Waals surface area contributed by atoms with Crippen molar-refractivity contribution in [1.82, 2.24) is 14.8 Å². The van der Waals surface area contributed by atoms with Gasteiger partial charge in [0.1, 0.15) is 5.76 Å². The highest BCUT2D eigenvalue weighted by Gasteiger charge is 2.19. The van der Waals surface area contributed by atoms with Gasteiger partial charge in [-0.2, -0.15) is 0 Å². The monoisotopic (exact) mass is 382 g/mol. The Morgan fingerprint density at radius 3 is 2.70 bits per heavy atom. The van der Waals surface area contributed by atoms with Crippen LogP contribution in [-0.4, -0.2) is 33.0 Å². The lowest BCUT2D eigenvalue weighted by atomic mass is 10.2. The van der Waals surface area contributed by atoms with Crippen molar-refractivity contribution in [2.45, 2.75) is 25.5 Å². The first kappa shape index (κ1) is 19.0. The molecule has 0 bridgehead atoms. The second-order valence-electron chi connectivity index (χ2n) is 5.86. The molecule has 0 fully saturated rings. The number of rotatable bonds is 8. The summed E-state index contributed by atoms with van der Waals surface area (Å²) >= 11 is 1.38. The summed E-state index contributed by atoms with van der Waals surface area (Å²) in [7, 11) is 0. The normalized spacial score (nSPS) is 10.7. The van der Waals surface area contributed by atoms with Gasteiger partial charge in [-0.05, 0) is 32.0 Å². The zero-order chi connectivity index (χ0) is 19.2. The molecule has 3 aromatic rings. The molecule has 2 aromatic heterocycles. The molecule has 6 nitrogen and oxygen atoms in total. The number of carbonyl (C=O) groups excluding carboxylic acids is 1. The van der Waals surface area contributed by atoms with Crippen LogP contribution < -0.4 is 4.90 Å². The van der Waals surface area contributed by atoms with E-state index < -0.39 is 0 Å². The highest BCUT2D eigenvalue weighted by atomic mass is 32.2. The van der Waals surface area contributed by atoms with E-state index in [0.717, 1.165) is 17.0 Å². The summed E-state index contributed by atoms with van der Waals surface area (Å²) < 4.78 is 7.33. The highest BCUT2D eigenvalue weighted by Crippen LogP contribution is 2.27. The number of benzene rings is 1. The van der Waals surface area contributed by atoms with Crippen molar-refractivity contribution in [1.29, 1.82) is 0 Å². The third kappa shape index (κ3) is 4.14. The number of aromatic nitrogens is 3. The number of furan rings is 1. The van der Waals surface area contributed by atoms with Gasteiger partial charge in [-0.3, -0.25) is 9.36 Å². The van der Waals surface area contributed by atoms with E-state index in [1.807, 2.05) is 54.8 Å². The van der Waals surface area contributed by atoms with E-state index in [4.69, 9.17) is 4.42 Å². The number of para-hydroxylation sites is 1. The molecule has 140 valence electrons. The SMILES string of the molecule is C=CCn1c(SCC(=O)N(CC)c2ccccc2)nnc1-c1ccoc1C. The molecular weight excluding hydrogens is 360 g/mol. The maximum Gasteiger partial charge on any atom is 0.237 e. The summed E-state index contributed by atoms with van der Waals surface area (Å²) in [5.74, 6) is 1.80. The largest absolute Gasteiger partial charge is 0.469 e. The minimum atomic E-state index is 0.0305. The lowest BCUT2D eigenvalue weighted by Crippen LogP contribution is -2.32. The average molecular weight is 382 g/mol. The first-order valence-electron chi connectivity index (χ1n) is 8.72. The van der Waals surface area contributed by atoms with Gasteiger partial charge in [0.05, 0.1) is 17.6 Å². The van der Waals surface area contributed by atoms with Crippen molar-refractivity contribution < 1.29 is 9.21 Å². The quantitative estimate of drug-likeness (QED) is 0.432. The molecule has 3 rings (SSSR count). The molecule has 0 aliphatic rings. The van der Waals surface area contributed by atoms with E-state index in [-0.39, 0.29) is 11.7 Å². The molecule has 1 amide bonds. The minimum Gasteiger partial charge on any atom is -0.469 e. The topological polar surface area (TPSA) is 64.2 Å². The Bertz CT molecular complexity index is 917. The van der Waals surface area contributed by atoms with Crippen LogP contribution in [0.2, 0.25) is 0 Å². The minimum absolute atomic E-state index is 0.0305. The van der Waals surface area contributed by atoms with Crippen LogP contribution in [0.1, 0.15) is 12.7 Å². The molecular formula is C20H22N4O2S. The predicted octanol–water partition coefficient (Wildman–Crippen LogP) is 4.18. The number of nitrogens with zero attached hydrogens (tertiary/aromatic N) is 4. The number of anilines is 1. The molecule has 1 aromatic carbocycles. The second kappa shape index (κ2) is 8.73. The molecule has 0 aliphatic heterocycles. The van der Waals surface area contributed by atoms with Crippen LogP contribution in [-0.2, 0) is 11.3 Å². The lowest BCUT2D eigenvalue weighted by molar-refractivity contribution is -0.116. The van der Waals surface area contributed by atoms with E-state index in [0.29, 0.717) is 24.1 Å². The lowest BCUT2D eigenvalue weighted by Gasteiger charge is -2.20. The number of allylic oxidation sites excluding steroid dienone is 1. The number of hydrogen-bond donors (Lipinski definition) is 0. The summed E-state index contributed by atoms with van der Waals surface area (Å²) in [6, 6.07) is 11.5. The molecule has 2 heterocycles. The Morgan fingerprint density at radius 1 is 1.30 bits per heavy atom. The van der Waals surface area contributed by atoms with Crippen LogP contribution >= 0.6 is 11.8 Å². The van der Waals surface area contributed by atoms with Crippen molar-refractivity contribution in [3.05, 3.63) is 61.1 Å². The number of aryl methyl sites for hydroxylation is 1.